The quantitative estimate of drug-likeness (QED) is 0.562. The number of hydrogen-bond donors (Lipinski definition) is 1. The van der Waals surface area contributed by atoms with Gasteiger partial charge in [0, 0.05) is 11.1 Å². The molecule has 0 fully saturated rings. The van der Waals surface area contributed by atoms with Crippen LogP contribution in [0.1, 0.15) is 42.4 Å². The van der Waals surface area contributed by atoms with Crippen molar-refractivity contribution in [3.05, 3.63) is 95.6 Å². The number of benzene rings is 3. The Labute approximate surface area is 167 Å². The predicted molar refractivity (Wildman–Crippen MR) is 113 cm³/mol. The molecule has 0 unspecified atom stereocenters. The van der Waals surface area contributed by atoms with E-state index in [2.05, 4.69) is 19.1 Å². The first-order valence-electron chi connectivity index (χ1n) is 9.68. The summed E-state index contributed by atoms with van der Waals surface area (Å²) in [6.07, 6.45) is 1.44. The molecule has 1 N–H and O–H groups in total. The summed E-state index contributed by atoms with van der Waals surface area (Å²) in [6, 6.07) is 25.7. The van der Waals surface area contributed by atoms with Gasteiger partial charge in [-0.25, -0.2) is 0 Å². The molecule has 3 nitrogen and oxygen atoms in total. The van der Waals surface area contributed by atoms with E-state index in [0.717, 1.165) is 17.5 Å². The number of para-hydroxylation sites is 2. The van der Waals surface area contributed by atoms with Crippen molar-refractivity contribution in [3.8, 4) is 11.5 Å². The van der Waals surface area contributed by atoms with Gasteiger partial charge < -0.3 is 14.6 Å². The largest absolute Gasteiger partial charge is 0.496 e. The molecule has 0 amide bonds. The van der Waals surface area contributed by atoms with Gasteiger partial charge >= 0.3 is 0 Å². The Morgan fingerprint density at radius 3 is 1.68 bits per heavy atom. The third kappa shape index (κ3) is 3.90. The molecular formula is C25H28O3. The maximum absolute atomic E-state index is 12.2. The molecule has 0 heterocycles. The number of ether oxygens (including phenoxy) is 2. The third-order valence-electron chi connectivity index (χ3n) is 5.41. The number of aliphatic hydroxyl groups is 1. The van der Waals surface area contributed by atoms with Crippen LogP contribution in [0, 0.1) is 0 Å². The third-order valence-corrected chi connectivity index (χ3v) is 5.41. The van der Waals surface area contributed by atoms with Gasteiger partial charge in [-0.1, -0.05) is 73.7 Å². The first-order chi connectivity index (χ1) is 13.6. The van der Waals surface area contributed by atoms with E-state index >= 15 is 0 Å². The lowest BCUT2D eigenvalue weighted by molar-refractivity contribution is 0.0570. The Hall–Kier alpha value is -2.78. The Balaban J connectivity index is 2.17. The molecule has 0 radical (unpaired) electrons. The van der Waals surface area contributed by atoms with Crippen LogP contribution in [-0.2, 0) is 5.60 Å². The van der Waals surface area contributed by atoms with Crippen LogP contribution in [0.25, 0.3) is 0 Å². The maximum atomic E-state index is 12.2. The smallest absolute Gasteiger partial charge is 0.125 e. The zero-order valence-corrected chi connectivity index (χ0v) is 16.8. The normalized spacial score (nSPS) is 12.4. The molecule has 1 atom stereocenters. The van der Waals surface area contributed by atoms with Gasteiger partial charge in [-0.05, 0) is 36.5 Å². The van der Waals surface area contributed by atoms with Crippen LogP contribution in [0.5, 0.6) is 11.5 Å². The summed E-state index contributed by atoms with van der Waals surface area (Å²) in [5.74, 6) is 1.51. The molecule has 0 aliphatic carbocycles. The molecule has 3 rings (SSSR count). The average molecular weight is 376 g/mol. The monoisotopic (exact) mass is 376 g/mol. The van der Waals surface area contributed by atoms with Gasteiger partial charge in [-0.15, -0.1) is 0 Å². The topological polar surface area (TPSA) is 38.7 Å². The number of rotatable bonds is 8. The van der Waals surface area contributed by atoms with Gasteiger partial charge in [0.1, 0.15) is 17.1 Å². The highest BCUT2D eigenvalue weighted by molar-refractivity contribution is 5.50. The van der Waals surface area contributed by atoms with Crippen molar-refractivity contribution in [2.24, 2.45) is 0 Å². The van der Waals surface area contributed by atoms with E-state index in [9.17, 15) is 5.11 Å². The fourth-order valence-electron chi connectivity index (χ4n) is 3.92. The summed E-state index contributed by atoms with van der Waals surface area (Å²) in [4.78, 5) is 0. The molecule has 0 aliphatic heterocycles. The van der Waals surface area contributed by atoms with E-state index in [4.69, 9.17) is 9.47 Å². The lowest BCUT2D eigenvalue weighted by Crippen LogP contribution is -2.31. The highest BCUT2D eigenvalue weighted by Gasteiger charge is 2.39. The summed E-state index contributed by atoms with van der Waals surface area (Å²) >= 11 is 0. The van der Waals surface area contributed by atoms with Crippen LogP contribution in [0.4, 0.5) is 0 Å². The molecule has 0 aromatic heterocycles. The van der Waals surface area contributed by atoms with Crippen molar-refractivity contribution < 1.29 is 14.6 Å². The summed E-state index contributed by atoms with van der Waals surface area (Å²) in [5.41, 5.74) is 1.46. The molecular weight excluding hydrogens is 348 g/mol. The van der Waals surface area contributed by atoms with E-state index in [0.29, 0.717) is 17.9 Å². The summed E-state index contributed by atoms with van der Waals surface area (Å²) in [6.45, 7) is 2.16. The Morgan fingerprint density at radius 2 is 1.21 bits per heavy atom. The minimum atomic E-state index is -1.25. The summed E-state index contributed by atoms with van der Waals surface area (Å²) in [7, 11) is 3.27. The maximum Gasteiger partial charge on any atom is 0.125 e. The molecule has 0 aliphatic rings. The lowest BCUT2D eigenvalue weighted by Gasteiger charge is -2.35. The molecule has 0 spiro atoms. The van der Waals surface area contributed by atoms with Gasteiger partial charge in [-0.3, -0.25) is 0 Å². The Bertz CT molecular complexity index is 842. The molecule has 28 heavy (non-hydrogen) atoms. The molecule has 3 heteroatoms. The van der Waals surface area contributed by atoms with Crippen molar-refractivity contribution in [1.29, 1.82) is 0 Å². The SMILES string of the molecule is CC[C@@H](CC(O)(c1ccccc1OC)c1ccccc1OC)c1ccccc1. The zero-order valence-electron chi connectivity index (χ0n) is 16.8. The standard InChI is InChI=1S/C25H28O3/c1-4-19(20-12-6-5-7-13-20)18-25(26,21-14-8-10-16-23(21)27-2)22-15-9-11-17-24(22)28-3/h5-17,19,26H,4,18H2,1-3H3/t19-/m0/s1. The van der Waals surface area contributed by atoms with Crippen molar-refractivity contribution in [1.82, 2.24) is 0 Å². The zero-order chi connectivity index (χ0) is 20.0. The van der Waals surface area contributed by atoms with Gasteiger partial charge in [-0.2, -0.15) is 0 Å². The highest BCUT2D eigenvalue weighted by Crippen LogP contribution is 2.46. The van der Waals surface area contributed by atoms with E-state index < -0.39 is 5.60 Å². The first-order valence-corrected chi connectivity index (χ1v) is 9.68. The van der Waals surface area contributed by atoms with Gasteiger partial charge in [0.05, 0.1) is 14.2 Å². The molecule has 3 aromatic carbocycles. The van der Waals surface area contributed by atoms with Crippen LogP contribution in [0.15, 0.2) is 78.9 Å². The van der Waals surface area contributed by atoms with Crippen molar-refractivity contribution in [2.75, 3.05) is 14.2 Å². The number of methoxy groups -OCH3 is 2. The fraction of sp³-hybridized carbons (Fsp3) is 0.280. The van der Waals surface area contributed by atoms with Crippen LogP contribution in [0.2, 0.25) is 0 Å². The summed E-state index contributed by atoms with van der Waals surface area (Å²) in [5, 5.41) is 12.2. The van der Waals surface area contributed by atoms with Crippen molar-refractivity contribution >= 4 is 0 Å². The van der Waals surface area contributed by atoms with Crippen LogP contribution in [-0.4, -0.2) is 19.3 Å². The minimum absolute atomic E-state index is 0.182. The number of hydrogen-bond acceptors (Lipinski definition) is 3. The van der Waals surface area contributed by atoms with Gasteiger partial charge in [0.25, 0.3) is 0 Å². The lowest BCUT2D eigenvalue weighted by atomic mass is 9.76. The van der Waals surface area contributed by atoms with Crippen LogP contribution < -0.4 is 9.47 Å². The van der Waals surface area contributed by atoms with E-state index in [1.807, 2.05) is 66.7 Å². The second-order valence-electron chi connectivity index (χ2n) is 6.98. The fourth-order valence-corrected chi connectivity index (χ4v) is 3.92. The first kappa shape index (κ1) is 20.0. The van der Waals surface area contributed by atoms with Crippen LogP contribution >= 0.6 is 0 Å². The van der Waals surface area contributed by atoms with Crippen molar-refractivity contribution in [2.45, 2.75) is 31.3 Å². The minimum Gasteiger partial charge on any atom is -0.496 e. The van der Waals surface area contributed by atoms with Crippen molar-refractivity contribution in [3.63, 3.8) is 0 Å². The van der Waals surface area contributed by atoms with Gasteiger partial charge in [0.15, 0.2) is 0 Å². The van der Waals surface area contributed by atoms with E-state index in [-0.39, 0.29) is 5.92 Å². The molecule has 146 valence electrons. The molecule has 3 aromatic rings. The molecule has 0 bridgehead atoms. The van der Waals surface area contributed by atoms with E-state index in [1.54, 1.807) is 14.2 Å². The molecule has 0 saturated carbocycles. The van der Waals surface area contributed by atoms with E-state index in [1.165, 1.54) is 5.56 Å². The van der Waals surface area contributed by atoms with Gasteiger partial charge in [0.2, 0.25) is 0 Å². The highest BCUT2D eigenvalue weighted by atomic mass is 16.5. The predicted octanol–water partition coefficient (Wildman–Crippen LogP) is 5.52. The van der Waals surface area contributed by atoms with Crippen LogP contribution in [0.3, 0.4) is 0 Å². The Morgan fingerprint density at radius 1 is 0.750 bits per heavy atom. The Kier molecular flexibility index (Phi) is 6.37. The molecule has 0 saturated heterocycles. The summed E-state index contributed by atoms with van der Waals surface area (Å²) < 4.78 is 11.2. The average Bonchev–Trinajstić information content (AvgIpc) is 2.77. The second-order valence-corrected chi connectivity index (χ2v) is 6.98. The second kappa shape index (κ2) is 8.94.